The van der Waals surface area contributed by atoms with E-state index in [1.165, 1.54) is 6.08 Å². The largest absolute Gasteiger partial charge is 0.748 e. The van der Waals surface area contributed by atoms with Gasteiger partial charge in [0, 0.05) is 18.2 Å². The number of nitrogens with one attached hydrogen (secondary N) is 1. The van der Waals surface area contributed by atoms with Crippen molar-refractivity contribution in [3.05, 3.63) is 66.0 Å². The van der Waals surface area contributed by atoms with E-state index < -0.39 is 43.6 Å². The van der Waals surface area contributed by atoms with Gasteiger partial charge in [-0.15, -0.1) is 4.99 Å². The first kappa shape index (κ1) is 25.8. The molecule has 0 spiro atoms. The number of nitrogens with two attached hydrogens (primary N) is 3. The average Bonchev–Trinajstić information content (AvgIpc) is 2.76. The molecule has 184 valence electrons. The summed E-state index contributed by atoms with van der Waals surface area (Å²) in [5, 5.41) is -3.77. The van der Waals surface area contributed by atoms with Gasteiger partial charge in [0.05, 0.1) is 36.3 Å². The fourth-order valence-corrected chi connectivity index (χ4v) is 5.96. The van der Waals surface area contributed by atoms with Crippen LogP contribution in [0.15, 0.2) is 65.4 Å². The second kappa shape index (κ2) is 10.2. The lowest BCUT2D eigenvalue weighted by Crippen LogP contribution is -2.84. The lowest BCUT2D eigenvalue weighted by Gasteiger charge is -2.33. The normalized spacial score (nSPS) is 18.7. The molecule has 7 N–H and O–H groups in total. The van der Waals surface area contributed by atoms with Crippen molar-refractivity contribution in [3.8, 4) is 17.5 Å². The predicted octanol–water partition coefficient (Wildman–Crippen LogP) is -2.84. The Balaban J connectivity index is 2.06. The van der Waals surface area contributed by atoms with Gasteiger partial charge in [0.2, 0.25) is 5.69 Å². The van der Waals surface area contributed by atoms with E-state index in [9.17, 15) is 25.9 Å². The van der Waals surface area contributed by atoms with E-state index in [0.29, 0.717) is 16.9 Å². The molecule has 0 aliphatic heterocycles. The van der Waals surface area contributed by atoms with Crippen LogP contribution in [0.1, 0.15) is 18.4 Å². The van der Waals surface area contributed by atoms with E-state index in [1.54, 1.807) is 35.2 Å². The number of nitrogens with zero attached hydrogens (tertiary/aromatic N) is 2. The minimum Gasteiger partial charge on any atom is -0.748 e. The van der Waals surface area contributed by atoms with Crippen LogP contribution in [0.3, 0.4) is 0 Å². The first-order chi connectivity index (χ1) is 16.3. The molecule has 1 aliphatic carbocycles. The maximum atomic E-state index is 11.6. The van der Waals surface area contributed by atoms with E-state index in [1.807, 2.05) is 18.2 Å². The molecule has 12 nitrogen and oxygen atoms in total. The van der Waals surface area contributed by atoms with Crippen LogP contribution in [0.5, 0.6) is 0 Å². The zero-order valence-corrected chi connectivity index (χ0v) is 19.8. The van der Waals surface area contributed by atoms with Crippen molar-refractivity contribution < 1.29 is 35.5 Å². The molecule has 0 radical (unpaired) electrons. The topological polar surface area (TPSA) is 223 Å². The Bertz CT molecular complexity index is 1490. The highest BCUT2D eigenvalue weighted by Gasteiger charge is 2.35. The molecule has 1 heterocycles. The standard InChI is InChI=1S/C21H22N6O6S2/c22-20(23)26-21(24)25-16-7-8-17(27-10-2-1-3-11-27)15(13-16)6-4-14-5-9-18(34(28,29)30)19(12-14)35(31,32)33/h1-3,5,7-8,10-11,13,18-19H,9,12H2,(H7-,22,23,24,25,26,28,29,30,31,32,33)/t18-,19+/m0/s1. The van der Waals surface area contributed by atoms with Crippen LogP contribution in [-0.4, -0.2) is 48.4 Å². The summed E-state index contributed by atoms with van der Waals surface area (Å²) in [7, 11) is -10.1. The van der Waals surface area contributed by atoms with Gasteiger partial charge >= 0.3 is 5.96 Å². The van der Waals surface area contributed by atoms with Crippen LogP contribution in [0.4, 0.5) is 5.69 Å². The molecular weight excluding hydrogens is 496 g/mol. The number of benzene rings is 1. The molecule has 0 amide bonds. The van der Waals surface area contributed by atoms with Gasteiger partial charge in [0.25, 0.3) is 5.96 Å². The predicted molar refractivity (Wildman–Crippen MR) is 125 cm³/mol. The molecule has 0 unspecified atom stereocenters. The fourth-order valence-electron chi connectivity index (χ4n) is 3.48. The number of hydrogen-bond donors (Lipinski definition) is 4. The summed E-state index contributed by atoms with van der Waals surface area (Å²) in [6.07, 6.45) is 4.01. The van der Waals surface area contributed by atoms with Gasteiger partial charge in [0.15, 0.2) is 12.4 Å². The molecule has 1 aromatic carbocycles. The van der Waals surface area contributed by atoms with Crippen LogP contribution in [0.25, 0.3) is 5.69 Å². The van der Waals surface area contributed by atoms with Gasteiger partial charge in [-0.1, -0.05) is 24.0 Å². The first-order valence-corrected chi connectivity index (χ1v) is 13.0. The van der Waals surface area contributed by atoms with Gasteiger partial charge in [-0.25, -0.2) is 21.8 Å². The molecule has 1 aliphatic rings. The average molecular weight is 519 g/mol. The van der Waals surface area contributed by atoms with E-state index in [2.05, 4.69) is 21.8 Å². The van der Waals surface area contributed by atoms with Crippen molar-refractivity contribution in [3.63, 3.8) is 0 Å². The number of aliphatic imine (C=N–C) groups is 1. The van der Waals surface area contributed by atoms with Gasteiger partial charge in [0.1, 0.15) is 5.69 Å². The lowest BCUT2D eigenvalue weighted by atomic mass is 9.98. The van der Waals surface area contributed by atoms with Crippen molar-refractivity contribution >= 4 is 37.8 Å². The molecule has 0 saturated carbocycles. The Labute approximate surface area is 202 Å². The number of allylic oxidation sites excluding steroid dienone is 2. The Morgan fingerprint density at radius 1 is 1.00 bits per heavy atom. The zero-order valence-electron chi connectivity index (χ0n) is 18.2. The van der Waals surface area contributed by atoms with Crippen LogP contribution in [0, 0.1) is 11.8 Å². The number of guanidine groups is 2. The molecule has 1 aromatic heterocycles. The molecule has 3 rings (SSSR count). The highest BCUT2D eigenvalue weighted by atomic mass is 32.2. The smallest absolute Gasteiger partial charge is 0.316 e. The van der Waals surface area contributed by atoms with Gasteiger partial charge in [-0.3, -0.25) is 0 Å². The molecular formula is C21H22N6O6S2. The van der Waals surface area contributed by atoms with Crippen LogP contribution in [0.2, 0.25) is 0 Å². The highest BCUT2D eigenvalue weighted by Crippen LogP contribution is 2.28. The Hall–Kier alpha value is -3.77. The third-order valence-corrected chi connectivity index (χ3v) is 7.70. The zero-order chi connectivity index (χ0) is 25.8. The second-order valence-electron chi connectivity index (χ2n) is 7.54. The summed E-state index contributed by atoms with van der Waals surface area (Å²) < 4.78 is 71.0. The van der Waals surface area contributed by atoms with Crippen molar-refractivity contribution in [2.24, 2.45) is 22.2 Å². The van der Waals surface area contributed by atoms with Crippen molar-refractivity contribution in [2.75, 3.05) is 0 Å². The SMILES string of the molecule is NC(=Nc1ccc(-[n+]2ccccc2)c(C#CC2=CC[C@H](S(=O)(=O)[O-])[C@H](S(=O)(=O)[O-])C2)c1)[NH+]=C(N)N. The molecule has 14 heteroatoms. The quantitative estimate of drug-likeness (QED) is 0.107. The minimum absolute atomic E-state index is 0.0626. The van der Waals surface area contributed by atoms with Crippen molar-refractivity contribution in [1.29, 1.82) is 0 Å². The van der Waals surface area contributed by atoms with E-state index in [4.69, 9.17) is 17.2 Å². The van der Waals surface area contributed by atoms with Gasteiger partial charge in [-0.05, 0) is 30.5 Å². The number of aromatic nitrogens is 1. The summed E-state index contributed by atoms with van der Waals surface area (Å²) in [6, 6.07) is 10.5. The molecule has 2 atom stereocenters. The van der Waals surface area contributed by atoms with Crippen LogP contribution in [-0.2, 0) is 20.2 Å². The minimum atomic E-state index is -5.06. The monoisotopic (exact) mass is 518 g/mol. The van der Waals surface area contributed by atoms with Crippen LogP contribution >= 0.6 is 0 Å². The van der Waals surface area contributed by atoms with E-state index >= 15 is 0 Å². The lowest BCUT2D eigenvalue weighted by molar-refractivity contribution is -0.595. The van der Waals surface area contributed by atoms with Crippen LogP contribution < -0.4 is 26.8 Å². The molecule has 35 heavy (non-hydrogen) atoms. The second-order valence-corrected chi connectivity index (χ2v) is 10.7. The van der Waals surface area contributed by atoms with E-state index in [0.717, 1.165) is 0 Å². The summed E-state index contributed by atoms with van der Waals surface area (Å²) in [4.78, 5) is 6.62. The number of pyridine rings is 1. The summed E-state index contributed by atoms with van der Waals surface area (Å²) in [6.45, 7) is 0. The number of hydrogen-bond acceptors (Lipinski definition) is 7. The maximum Gasteiger partial charge on any atom is 0.316 e. The Morgan fingerprint density at radius 2 is 1.66 bits per heavy atom. The van der Waals surface area contributed by atoms with Gasteiger partial charge < -0.3 is 26.3 Å². The Kier molecular flexibility index (Phi) is 7.56. The summed E-state index contributed by atoms with van der Waals surface area (Å²) in [5.74, 6) is 5.50. The van der Waals surface area contributed by atoms with Gasteiger partial charge in [-0.2, -0.15) is 4.57 Å². The number of rotatable bonds is 4. The molecule has 0 saturated heterocycles. The maximum absolute atomic E-state index is 11.6. The Morgan fingerprint density at radius 3 is 2.26 bits per heavy atom. The fraction of sp³-hybridized carbons (Fsp3) is 0.190. The molecule has 2 aromatic rings. The third-order valence-electron chi connectivity index (χ3n) is 5.03. The highest BCUT2D eigenvalue weighted by molar-refractivity contribution is 7.90. The summed E-state index contributed by atoms with van der Waals surface area (Å²) in [5.41, 5.74) is 18.2. The van der Waals surface area contributed by atoms with E-state index in [-0.39, 0.29) is 17.5 Å². The summed E-state index contributed by atoms with van der Waals surface area (Å²) >= 11 is 0. The van der Waals surface area contributed by atoms with Crippen molar-refractivity contribution in [1.82, 2.24) is 0 Å². The van der Waals surface area contributed by atoms with Crippen molar-refractivity contribution in [2.45, 2.75) is 23.3 Å². The molecule has 0 bridgehead atoms. The third kappa shape index (κ3) is 6.87. The molecule has 0 fully saturated rings. The first-order valence-electron chi connectivity index (χ1n) is 10.0.